The molecular formula is C19H24FNO6. The topological polar surface area (TPSA) is 75.3 Å². The molecule has 0 unspecified atom stereocenters. The van der Waals surface area contributed by atoms with Crippen LogP contribution in [0.25, 0.3) is 0 Å². The molecule has 0 spiro atoms. The predicted octanol–water partition coefficient (Wildman–Crippen LogP) is 1.95. The minimum absolute atomic E-state index is 0.198. The largest absolute Gasteiger partial charge is 0.349 e. The van der Waals surface area contributed by atoms with Crippen molar-refractivity contribution >= 4 is 5.91 Å². The number of halogens is 1. The van der Waals surface area contributed by atoms with Gasteiger partial charge in [-0.2, -0.15) is 0 Å². The number of fused-ring (bicyclic) bond motifs is 3. The molecule has 1 aromatic carbocycles. The van der Waals surface area contributed by atoms with E-state index < -0.39 is 42.0 Å². The molecule has 1 N–H and O–H groups in total. The summed E-state index contributed by atoms with van der Waals surface area (Å²) in [5.74, 6) is -2.29. The van der Waals surface area contributed by atoms with Gasteiger partial charge in [0.15, 0.2) is 17.9 Å². The van der Waals surface area contributed by atoms with Crippen LogP contribution >= 0.6 is 0 Å². The average Bonchev–Trinajstić information content (AvgIpc) is 3.07. The number of amides is 1. The SMILES string of the molecule is CC1(C)O[C@H]2[C@@H](O1)[C@@H](CNC(=O)c1ccc(F)cc1)O[C@@H]1OC(C)(C)O[C@@H]12. The fourth-order valence-corrected chi connectivity index (χ4v) is 3.75. The Morgan fingerprint density at radius 2 is 1.56 bits per heavy atom. The number of ether oxygens (including phenoxy) is 5. The maximum Gasteiger partial charge on any atom is 0.251 e. The van der Waals surface area contributed by atoms with E-state index in [0.29, 0.717) is 5.56 Å². The maximum atomic E-state index is 13.0. The molecule has 27 heavy (non-hydrogen) atoms. The van der Waals surface area contributed by atoms with Gasteiger partial charge in [-0.25, -0.2) is 4.39 Å². The molecule has 0 saturated carbocycles. The molecule has 3 aliphatic heterocycles. The molecule has 148 valence electrons. The van der Waals surface area contributed by atoms with Crippen LogP contribution in [-0.2, 0) is 23.7 Å². The van der Waals surface area contributed by atoms with Gasteiger partial charge in [-0.15, -0.1) is 0 Å². The van der Waals surface area contributed by atoms with Crippen LogP contribution in [-0.4, -0.2) is 54.7 Å². The molecule has 3 heterocycles. The third kappa shape index (κ3) is 3.72. The summed E-state index contributed by atoms with van der Waals surface area (Å²) in [7, 11) is 0. The Labute approximate surface area is 157 Å². The van der Waals surface area contributed by atoms with Crippen LogP contribution in [0.1, 0.15) is 38.1 Å². The average molecular weight is 381 g/mol. The lowest BCUT2D eigenvalue weighted by atomic mass is 9.99. The van der Waals surface area contributed by atoms with Crippen molar-refractivity contribution in [2.24, 2.45) is 0 Å². The third-order valence-corrected chi connectivity index (χ3v) is 4.82. The fraction of sp³-hybridized carbons (Fsp3) is 0.632. The first-order chi connectivity index (χ1) is 12.6. The Morgan fingerprint density at radius 3 is 2.26 bits per heavy atom. The third-order valence-electron chi connectivity index (χ3n) is 4.82. The molecule has 3 fully saturated rings. The summed E-state index contributed by atoms with van der Waals surface area (Å²) < 4.78 is 42.9. The van der Waals surface area contributed by atoms with Crippen LogP contribution in [0.4, 0.5) is 4.39 Å². The van der Waals surface area contributed by atoms with E-state index in [9.17, 15) is 9.18 Å². The van der Waals surface area contributed by atoms with Gasteiger partial charge in [0.05, 0.1) is 0 Å². The van der Waals surface area contributed by atoms with Gasteiger partial charge in [0.25, 0.3) is 5.91 Å². The number of hydrogen-bond donors (Lipinski definition) is 1. The summed E-state index contributed by atoms with van der Waals surface area (Å²) in [6.45, 7) is 7.49. The van der Waals surface area contributed by atoms with E-state index in [-0.39, 0.29) is 18.6 Å². The monoisotopic (exact) mass is 381 g/mol. The van der Waals surface area contributed by atoms with Crippen LogP contribution in [0.3, 0.4) is 0 Å². The molecule has 4 rings (SSSR count). The second kappa shape index (κ2) is 6.49. The molecule has 1 aromatic rings. The van der Waals surface area contributed by atoms with Gasteiger partial charge in [-0.05, 0) is 52.0 Å². The highest BCUT2D eigenvalue weighted by molar-refractivity contribution is 5.94. The Balaban J connectivity index is 1.47. The molecule has 3 aliphatic rings. The van der Waals surface area contributed by atoms with E-state index in [4.69, 9.17) is 23.7 Å². The molecule has 3 saturated heterocycles. The molecule has 0 radical (unpaired) electrons. The first-order valence-corrected chi connectivity index (χ1v) is 9.04. The lowest BCUT2D eigenvalue weighted by Crippen LogP contribution is -2.57. The molecule has 5 atom stereocenters. The van der Waals surface area contributed by atoms with Crippen molar-refractivity contribution in [3.05, 3.63) is 35.6 Å². The highest BCUT2D eigenvalue weighted by Gasteiger charge is 2.60. The number of rotatable bonds is 3. The quantitative estimate of drug-likeness (QED) is 0.863. The van der Waals surface area contributed by atoms with Gasteiger partial charge in [0, 0.05) is 12.1 Å². The second-order valence-electron chi connectivity index (χ2n) is 7.92. The minimum Gasteiger partial charge on any atom is -0.349 e. The van der Waals surface area contributed by atoms with E-state index in [1.165, 1.54) is 24.3 Å². The molecular weight excluding hydrogens is 357 g/mol. The van der Waals surface area contributed by atoms with Crippen molar-refractivity contribution in [3.63, 3.8) is 0 Å². The van der Waals surface area contributed by atoms with Crippen molar-refractivity contribution in [1.29, 1.82) is 0 Å². The molecule has 0 aliphatic carbocycles. The predicted molar refractivity (Wildman–Crippen MR) is 91.3 cm³/mol. The van der Waals surface area contributed by atoms with Crippen molar-refractivity contribution in [3.8, 4) is 0 Å². The van der Waals surface area contributed by atoms with Crippen molar-refractivity contribution in [1.82, 2.24) is 5.32 Å². The van der Waals surface area contributed by atoms with Crippen LogP contribution in [0.5, 0.6) is 0 Å². The normalized spacial score (nSPS) is 36.1. The standard InChI is InChI=1S/C19H24FNO6/c1-18(2)24-13-12(9-21-16(22)10-5-7-11(20)8-6-10)23-17-15(14(13)25-18)26-19(3,4)27-17/h5-8,12-15,17H,9H2,1-4H3,(H,21,22)/t12-,13+,14+,15-,17-/m1/s1. The fourth-order valence-electron chi connectivity index (χ4n) is 3.75. The maximum absolute atomic E-state index is 13.0. The lowest BCUT2D eigenvalue weighted by Gasteiger charge is -2.37. The molecule has 0 bridgehead atoms. The first kappa shape index (κ1) is 18.8. The minimum atomic E-state index is -0.789. The number of benzene rings is 1. The van der Waals surface area contributed by atoms with Crippen molar-refractivity contribution < 1.29 is 32.9 Å². The Hall–Kier alpha value is -1.58. The van der Waals surface area contributed by atoms with Gasteiger partial charge in [-0.1, -0.05) is 0 Å². The number of carbonyl (C=O) groups excluding carboxylic acids is 1. The van der Waals surface area contributed by atoms with Gasteiger partial charge in [0.2, 0.25) is 0 Å². The zero-order chi connectivity index (χ0) is 19.4. The number of carbonyl (C=O) groups is 1. The van der Waals surface area contributed by atoms with E-state index >= 15 is 0 Å². The summed E-state index contributed by atoms with van der Waals surface area (Å²) in [4.78, 5) is 12.3. The van der Waals surface area contributed by atoms with Gasteiger partial charge < -0.3 is 29.0 Å². The highest BCUT2D eigenvalue weighted by Crippen LogP contribution is 2.43. The van der Waals surface area contributed by atoms with E-state index in [1.54, 1.807) is 0 Å². The van der Waals surface area contributed by atoms with Crippen LogP contribution < -0.4 is 5.32 Å². The van der Waals surface area contributed by atoms with Crippen LogP contribution in [0, 0.1) is 5.82 Å². The van der Waals surface area contributed by atoms with Crippen molar-refractivity contribution in [2.45, 2.75) is 70.0 Å². The molecule has 0 aromatic heterocycles. The van der Waals surface area contributed by atoms with E-state index in [2.05, 4.69) is 5.32 Å². The first-order valence-electron chi connectivity index (χ1n) is 9.04. The van der Waals surface area contributed by atoms with Gasteiger partial charge in [0.1, 0.15) is 30.2 Å². The summed E-state index contributed by atoms with van der Waals surface area (Å²) in [5.41, 5.74) is 0.368. The van der Waals surface area contributed by atoms with Gasteiger partial charge >= 0.3 is 0 Å². The highest BCUT2D eigenvalue weighted by atomic mass is 19.1. The zero-order valence-electron chi connectivity index (χ0n) is 15.7. The Morgan fingerprint density at radius 1 is 0.963 bits per heavy atom. The molecule has 7 nitrogen and oxygen atoms in total. The Bertz CT molecular complexity index is 721. The van der Waals surface area contributed by atoms with E-state index in [1.807, 2.05) is 27.7 Å². The molecule has 1 amide bonds. The van der Waals surface area contributed by atoms with Crippen LogP contribution in [0.15, 0.2) is 24.3 Å². The van der Waals surface area contributed by atoms with Gasteiger partial charge in [-0.3, -0.25) is 4.79 Å². The Kier molecular flexibility index (Phi) is 4.51. The number of hydrogen-bond acceptors (Lipinski definition) is 6. The van der Waals surface area contributed by atoms with Crippen LogP contribution in [0.2, 0.25) is 0 Å². The van der Waals surface area contributed by atoms with Crippen molar-refractivity contribution in [2.75, 3.05) is 6.54 Å². The summed E-state index contributed by atoms with van der Waals surface area (Å²) in [6.07, 6.45) is -2.26. The zero-order valence-corrected chi connectivity index (χ0v) is 15.7. The van der Waals surface area contributed by atoms with E-state index in [0.717, 1.165) is 0 Å². The second-order valence-corrected chi connectivity index (χ2v) is 7.92. The smallest absolute Gasteiger partial charge is 0.251 e. The lowest BCUT2D eigenvalue weighted by molar-refractivity contribution is -0.232. The molecule has 8 heteroatoms. The summed E-state index contributed by atoms with van der Waals surface area (Å²) >= 11 is 0. The number of nitrogens with one attached hydrogen (secondary N) is 1. The summed E-state index contributed by atoms with van der Waals surface area (Å²) in [6, 6.07) is 5.35. The summed E-state index contributed by atoms with van der Waals surface area (Å²) in [5, 5.41) is 2.81.